The van der Waals surface area contributed by atoms with Crippen molar-refractivity contribution in [2.24, 2.45) is 0 Å². The van der Waals surface area contributed by atoms with Crippen LogP contribution in [0.2, 0.25) is 0 Å². The molecule has 0 saturated heterocycles. The number of hydrogen-bond donors (Lipinski definition) is 1. The Kier molecular flexibility index (Phi) is 3.61. The highest BCUT2D eigenvalue weighted by atomic mass is 32.1. The molecule has 5 nitrogen and oxygen atoms in total. The number of carbonyl (C=O) groups excluding carboxylic acids is 1. The molecule has 0 aliphatic heterocycles. The van der Waals surface area contributed by atoms with Crippen molar-refractivity contribution in [3.63, 3.8) is 0 Å². The molecule has 0 radical (unpaired) electrons. The molecule has 8 heteroatoms. The molecule has 124 valence electrons. The molecule has 3 aromatic heterocycles. The fourth-order valence-electron chi connectivity index (χ4n) is 2.49. The number of benzene rings is 1. The maximum atomic E-state index is 12.4. The quantitative estimate of drug-likeness (QED) is 0.537. The van der Waals surface area contributed by atoms with Crippen molar-refractivity contribution < 1.29 is 4.79 Å². The van der Waals surface area contributed by atoms with E-state index in [9.17, 15) is 4.79 Å². The number of nitrogens with one attached hydrogen (secondary N) is 1. The van der Waals surface area contributed by atoms with Gasteiger partial charge in [0, 0.05) is 5.92 Å². The summed E-state index contributed by atoms with van der Waals surface area (Å²) in [6.07, 6.45) is 2.36. The molecule has 1 aromatic carbocycles. The molecule has 1 aliphatic carbocycles. The number of aromatic nitrogens is 3. The van der Waals surface area contributed by atoms with Crippen molar-refractivity contribution in [1.29, 1.82) is 0 Å². The Morgan fingerprint density at radius 3 is 2.76 bits per heavy atom. The van der Waals surface area contributed by atoms with Gasteiger partial charge in [-0.1, -0.05) is 23.5 Å². The normalized spacial score (nSPS) is 14.1. The topological polar surface area (TPSA) is 67.8 Å². The third kappa shape index (κ3) is 2.97. The monoisotopic (exact) mass is 384 g/mol. The van der Waals surface area contributed by atoms with Gasteiger partial charge in [-0.05, 0) is 37.1 Å². The Balaban J connectivity index is 1.36. The van der Waals surface area contributed by atoms with Crippen molar-refractivity contribution >= 4 is 55.3 Å². The van der Waals surface area contributed by atoms with Crippen molar-refractivity contribution in [3.05, 3.63) is 46.3 Å². The highest BCUT2D eigenvalue weighted by Crippen LogP contribution is 2.42. The highest BCUT2D eigenvalue weighted by Gasteiger charge is 2.27. The third-order valence-corrected chi connectivity index (χ3v) is 7.21. The number of anilines is 1. The van der Waals surface area contributed by atoms with Gasteiger partial charge in [0.05, 0.1) is 20.0 Å². The van der Waals surface area contributed by atoms with Crippen molar-refractivity contribution in [1.82, 2.24) is 15.2 Å². The molecule has 3 heterocycles. The lowest BCUT2D eigenvalue weighted by molar-refractivity contribution is 0.103. The van der Waals surface area contributed by atoms with Gasteiger partial charge in [0.1, 0.15) is 10.0 Å². The molecule has 4 aromatic rings. The second-order valence-electron chi connectivity index (χ2n) is 5.82. The largest absolute Gasteiger partial charge is 0.296 e. The van der Waals surface area contributed by atoms with Gasteiger partial charge in [-0.2, -0.15) is 0 Å². The number of carbonyl (C=O) groups is 1. The summed E-state index contributed by atoms with van der Waals surface area (Å²) in [5.74, 6) is 0.409. The number of thiophene rings is 1. The van der Waals surface area contributed by atoms with Crippen molar-refractivity contribution in [3.8, 4) is 9.88 Å². The summed E-state index contributed by atoms with van der Waals surface area (Å²) in [6, 6.07) is 11.8. The summed E-state index contributed by atoms with van der Waals surface area (Å²) in [4.78, 5) is 18.7. The Hall–Kier alpha value is -2.16. The van der Waals surface area contributed by atoms with Gasteiger partial charge in [-0.15, -0.1) is 32.9 Å². The van der Waals surface area contributed by atoms with E-state index in [0.29, 0.717) is 15.9 Å². The van der Waals surface area contributed by atoms with Gasteiger partial charge >= 0.3 is 0 Å². The molecule has 5 rings (SSSR count). The number of para-hydroxylation sites is 1. The Labute approximate surface area is 155 Å². The number of amides is 1. The zero-order chi connectivity index (χ0) is 16.8. The fraction of sp³-hybridized carbons (Fsp3) is 0.176. The number of hydrogen-bond acceptors (Lipinski definition) is 7. The summed E-state index contributed by atoms with van der Waals surface area (Å²) in [5, 5.41) is 13.6. The van der Waals surface area contributed by atoms with Crippen LogP contribution in [-0.4, -0.2) is 21.1 Å². The lowest BCUT2D eigenvalue weighted by Gasteiger charge is -1.96. The average Bonchev–Trinajstić information content (AvgIpc) is 3.04. The minimum atomic E-state index is -0.143. The maximum absolute atomic E-state index is 12.4. The van der Waals surface area contributed by atoms with E-state index in [4.69, 9.17) is 0 Å². The number of nitrogens with zero attached hydrogens (tertiary/aromatic N) is 3. The molecular weight excluding hydrogens is 372 g/mol. The molecule has 1 N–H and O–H groups in total. The smallest absolute Gasteiger partial charge is 0.267 e. The molecule has 0 unspecified atom stereocenters. The lowest BCUT2D eigenvalue weighted by atomic mass is 10.3. The van der Waals surface area contributed by atoms with Crippen LogP contribution in [0, 0.1) is 0 Å². The number of rotatable bonds is 4. The van der Waals surface area contributed by atoms with Crippen molar-refractivity contribution in [2.45, 2.75) is 18.8 Å². The summed E-state index contributed by atoms with van der Waals surface area (Å²) in [5.41, 5.74) is 0.989. The Morgan fingerprint density at radius 1 is 1.04 bits per heavy atom. The van der Waals surface area contributed by atoms with Crippen LogP contribution in [0.4, 0.5) is 5.13 Å². The van der Waals surface area contributed by atoms with E-state index in [2.05, 4.69) is 26.6 Å². The molecule has 0 atom stereocenters. The van der Waals surface area contributed by atoms with E-state index < -0.39 is 0 Å². The molecule has 0 spiro atoms. The fourth-order valence-corrected chi connectivity index (χ4v) is 5.32. The summed E-state index contributed by atoms with van der Waals surface area (Å²) >= 11 is 4.56. The molecule has 1 fully saturated rings. The third-order valence-electron chi connectivity index (χ3n) is 3.92. The van der Waals surface area contributed by atoms with E-state index >= 15 is 0 Å². The average molecular weight is 385 g/mol. The Bertz CT molecular complexity index is 1040. The minimum absolute atomic E-state index is 0.143. The van der Waals surface area contributed by atoms with Crippen LogP contribution in [0.3, 0.4) is 0 Å². The zero-order valence-corrected chi connectivity index (χ0v) is 15.4. The predicted molar refractivity (Wildman–Crippen MR) is 103 cm³/mol. The van der Waals surface area contributed by atoms with Gasteiger partial charge in [0.15, 0.2) is 0 Å². The van der Waals surface area contributed by atoms with Gasteiger partial charge in [0.25, 0.3) is 5.91 Å². The van der Waals surface area contributed by atoms with Crippen LogP contribution in [0.15, 0.2) is 36.4 Å². The molecule has 1 saturated carbocycles. The molecule has 1 amide bonds. The van der Waals surface area contributed by atoms with Crippen LogP contribution >= 0.6 is 34.0 Å². The highest BCUT2D eigenvalue weighted by molar-refractivity contribution is 7.26. The van der Waals surface area contributed by atoms with E-state index in [-0.39, 0.29) is 5.91 Å². The molecule has 0 bridgehead atoms. The maximum Gasteiger partial charge on any atom is 0.267 e. The second kappa shape index (κ2) is 5.98. The molecule has 25 heavy (non-hydrogen) atoms. The van der Waals surface area contributed by atoms with Gasteiger partial charge < -0.3 is 0 Å². The van der Waals surface area contributed by atoms with Gasteiger partial charge in [-0.3, -0.25) is 10.1 Å². The Morgan fingerprint density at radius 2 is 1.92 bits per heavy atom. The zero-order valence-electron chi connectivity index (χ0n) is 12.9. The standard InChI is InChI=1S/C17H12N4OS3/c22-14(19-17-21-20-15(25-17)9-5-6-9)12-7-8-13(23-12)16-18-10-3-1-2-4-11(10)24-16/h1-4,7-9H,5-6H2,(H,19,21,22). The van der Waals surface area contributed by atoms with Crippen molar-refractivity contribution in [2.75, 3.05) is 5.32 Å². The van der Waals surface area contributed by atoms with E-state index in [1.54, 1.807) is 11.3 Å². The van der Waals surface area contributed by atoms with Gasteiger partial charge in [0.2, 0.25) is 5.13 Å². The van der Waals surface area contributed by atoms with E-state index in [0.717, 1.165) is 25.1 Å². The van der Waals surface area contributed by atoms with Crippen LogP contribution in [0.5, 0.6) is 0 Å². The summed E-state index contributed by atoms with van der Waals surface area (Å²) in [6.45, 7) is 0. The SMILES string of the molecule is O=C(Nc1nnc(C2CC2)s1)c1ccc(-c2nc3ccccc3s2)s1. The summed E-state index contributed by atoms with van der Waals surface area (Å²) < 4.78 is 1.15. The first-order valence-electron chi connectivity index (χ1n) is 7.87. The van der Waals surface area contributed by atoms with Gasteiger partial charge in [-0.25, -0.2) is 4.98 Å². The van der Waals surface area contributed by atoms with Crippen LogP contribution in [0.1, 0.15) is 33.4 Å². The van der Waals surface area contributed by atoms with E-state index in [1.807, 2.05) is 30.3 Å². The van der Waals surface area contributed by atoms with Crippen LogP contribution in [-0.2, 0) is 0 Å². The predicted octanol–water partition coefficient (Wildman–Crippen LogP) is 5.01. The summed E-state index contributed by atoms with van der Waals surface area (Å²) in [7, 11) is 0. The second-order valence-corrected chi connectivity index (χ2v) is 8.95. The minimum Gasteiger partial charge on any atom is -0.296 e. The molecular formula is C17H12N4OS3. The lowest BCUT2D eigenvalue weighted by Crippen LogP contribution is -2.09. The number of fused-ring (bicyclic) bond motifs is 1. The first-order chi connectivity index (χ1) is 12.3. The molecule has 1 aliphatic rings. The van der Waals surface area contributed by atoms with Crippen LogP contribution in [0.25, 0.3) is 20.1 Å². The number of thiazole rings is 1. The van der Waals surface area contributed by atoms with Crippen LogP contribution < -0.4 is 5.32 Å². The first kappa shape index (κ1) is 15.1. The van der Waals surface area contributed by atoms with E-state index in [1.165, 1.54) is 35.5 Å². The first-order valence-corrected chi connectivity index (χ1v) is 10.3.